The standard InChI is InChI=1S/C32H51F3N3OP/c1-8-11-15-29(36-7)31(26(6)21-25(5)24(4)9-2)38(23-32(34,35)40)22-27(10-3)17-18-37-19-20-39-30-16-13-12-14-28(30)33/h8-9,11,14-16,21,26-27,31,37H,1,10,12-13,17-20,22-23,40H2,2-7H3/b15-11-,24-9-,25-21-,36-29?/t26-,27?,31?/m1/s1. The van der Waals surface area contributed by atoms with Gasteiger partial charge in [-0.1, -0.05) is 71.5 Å². The van der Waals surface area contributed by atoms with E-state index < -0.39 is 12.2 Å². The van der Waals surface area contributed by atoms with Crippen molar-refractivity contribution in [3.8, 4) is 0 Å². The molecule has 0 spiro atoms. The lowest BCUT2D eigenvalue weighted by Crippen LogP contribution is -2.50. The molecule has 0 amide bonds. The molecule has 226 valence electrons. The Balaban J connectivity index is 3.04. The van der Waals surface area contributed by atoms with Crippen molar-refractivity contribution in [1.29, 1.82) is 0 Å². The molecule has 0 radical (unpaired) electrons. The summed E-state index contributed by atoms with van der Waals surface area (Å²) in [4.78, 5) is 6.42. The summed E-state index contributed by atoms with van der Waals surface area (Å²) in [6.45, 7) is 15.8. The van der Waals surface area contributed by atoms with Gasteiger partial charge in [0.15, 0.2) is 11.6 Å². The first-order valence-electron chi connectivity index (χ1n) is 14.3. The van der Waals surface area contributed by atoms with Crippen LogP contribution in [0.15, 0.2) is 76.8 Å². The predicted octanol–water partition coefficient (Wildman–Crippen LogP) is 8.04. The van der Waals surface area contributed by atoms with Gasteiger partial charge in [0.1, 0.15) is 6.61 Å². The summed E-state index contributed by atoms with van der Waals surface area (Å²) in [6, 6.07) is -0.339. The molecule has 0 aromatic heterocycles. The highest BCUT2D eigenvalue weighted by molar-refractivity contribution is 7.18. The Hall–Kier alpha value is -1.95. The number of hydrogen-bond donors (Lipinski definition) is 1. The Morgan fingerprint density at radius 2 is 1.95 bits per heavy atom. The SMILES string of the molecule is C=C/C=C\C(=NC)C([C@H](C)/C=C(C)\C(C)=C/C)N(CC(CC)CCNCCOC1=CCCC=C1F)CC(F)(F)P. The number of hydrogen-bond acceptors (Lipinski definition) is 4. The molecule has 8 heteroatoms. The molecule has 1 N–H and O–H groups in total. The average Bonchev–Trinajstić information content (AvgIpc) is 2.91. The average molecular weight is 582 g/mol. The zero-order valence-electron chi connectivity index (χ0n) is 25.4. The third-order valence-electron chi connectivity index (χ3n) is 7.23. The number of nitrogens with one attached hydrogen (secondary N) is 1. The zero-order valence-corrected chi connectivity index (χ0v) is 26.5. The zero-order chi connectivity index (χ0) is 30.1. The molecule has 0 bridgehead atoms. The van der Waals surface area contributed by atoms with E-state index in [1.54, 1.807) is 40.6 Å². The number of halogens is 3. The van der Waals surface area contributed by atoms with E-state index in [-0.39, 0.29) is 23.7 Å². The number of ether oxygens (including phenoxy) is 1. The fourth-order valence-electron chi connectivity index (χ4n) is 4.82. The largest absolute Gasteiger partial charge is 0.490 e. The first-order valence-corrected chi connectivity index (χ1v) is 14.9. The number of nitrogens with zero attached hydrogens (tertiary/aromatic N) is 2. The van der Waals surface area contributed by atoms with E-state index in [1.807, 2.05) is 17.9 Å². The topological polar surface area (TPSA) is 36.9 Å². The van der Waals surface area contributed by atoms with E-state index in [1.165, 1.54) is 0 Å². The van der Waals surface area contributed by atoms with Gasteiger partial charge in [-0.15, -0.1) is 0 Å². The third kappa shape index (κ3) is 13.6. The van der Waals surface area contributed by atoms with Crippen LogP contribution in [0.2, 0.25) is 0 Å². The lowest BCUT2D eigenvalue weighted by Gasteiger charge is -2.38. The Morgan fingerprint density at radius 1 is 1.25 bits per heavy atom. The fourth-order valence-corrected chi connectivity index (χ4v) is 5.06. The Bertz CT molecular complexity index is 963. The molecule has 1 aliphatic carbocycles. The second kappa shape index (κ2) is 19.2. The summed E-state index contributed by atoms with van der Waals surface area (Å²) < 4.78 is 48.4. The van der Waals surface area contributed by atoms with Crippen molar-refractivity contribution in [2.24, 2.45) is 16.8 Å². The predicted molar refractivity (Wildman–Crippen MR) is 169 cm³/mol. The lowest BCUT2D eigenvalue weighted by atomic mass is 9.90. The van der Waals surface area contributed by atoms with Crippen LogP contribution in [0.3, 0.4) is 0 Å². The maximum Gasteiger partial charge on any atom is 0.271 e. The summed E-state index contributed by atoms with van der Waals surface area (Å²) in [5, 5.41) is 3.36. The quantitative estimate of drug-likeness (QED) is 0.0726. The molecule has 4 atom stereocenters. The van der Waals surface area contributed by atoms with Gasteiger partial charge in [-0.2, -0.15) is 0 Å². The van der Waals surface area contributed by atoms with Crippen LogP contribution < -0.4 is 5.32 Å². The first-order chi connectivity index (χ1) is 19.0. The van der Waals surface area contributed by atoms with Gasteiger partial charge in [-0.3, -0.25) is 9.89 Å². The number of rotatable bonds is 19. The van der Waals surface area contributed by atoms with E-state index in [4.69, 9.17) is 4.74 Å². The molecule has 0 aromatic carbocycles. The number of alkyl halides is 2. The van der Waals surface area contributed by atoms with Gasteiger partial charge in [0.05, 0.1) is 18.3 Å². The van der Waals surface area contributed by atoms with Gasteiger partial charge < -0.3 is 10.1 Å². The molecular weight excluding hydrogens is 530 g/mol. The molecule has 0 aromatic rings. The van der Waals surface area contributed by atoms with E-state index in [0.29, 0.717) is 31.9 Å². The maximum atomic E-state index is 14.5. The molecule has 0 heterocycles. The highest BCUT2D eigenvalue weighted by Gasteiger charge is 2.35. The van der Waals surface area contributed by atoms with Gasteiger partial charge in [-0.25, -0.2) is 13.2 Å². The van der Waals surface area contributed by atoms with Crippen molar-refractivity contribution in [2.75, 3.05) is 39.8 Å². The third-order valence-corrected chi connectivity index (χ3v) is 7.41. The molecule has 0 saturated carbocycles. The summed E-state index contributed by atoms with van der Waals surface area (Å²) in [6.07, 6.45) is 16.1. The first kappa shape index (κ1) is 36.1. The molecule has 3 unspecified atom stereocenters. The van der Waals surface area contributed by atoms with E-state index >= 15 is 0 Å². The van der Waals surface area contributed by atoms with Gasteiger partial charge in [0.25, 0.3) is 5.66 Å². The fraction of sp³-hybridized carbons (Fsp3) is 0.594. The van der Waals surface area contributed by atoms with E-state index in [0.717, 1.165) is 42.7 Å². The van der Waals surface area contributed by atoms with Crippen LogP contribution in [0.1, 0.15) is 60.3 Å². The van der Waals surface area contributed by atoms with Crippen LogP contribution in [-0.2, 0) is 4.74 Å². The van der Waals surface area contributed by atoms with Gasteiger partial charge in [-0.05, 0) is 76.6 Å². The normalized spacial score (nSPS) is 18.0. The van der Waals surface area contributed by atoms with Crippen LogP contribution in [-0.4, -0.2) is 62.2 Å². The minimum Gasteiger partial charge on any atom is -0.490 e. The highest BCUT2D eigenvalue weighted by atomic mass is 31.0. The van der Waals surface area contributed by atoms with Gasteiger partial charge >= 0.3 is 0 Å². The molecule has 40 heavy (non-hydrogen) atoms. The van der Waals surface area contributed by atoms with E-state index in [2.05, 4.69) is 56.7 Å². The summed E-state index contributed by atoms with van der Waals surface area (Å²) in [5.41, 5.74) is 0.0820. The monoisotopic (exact) mass is 581 g/mol. The second-order valence-corrected chi connectivity index (χ2v) is 11.3. The summed E-state index contributed by atoms with van der Waals surface area (Å²) >= 11 is 0. The van der Waals surface area contributed by atoms with Crippen molar-refractivity contribution in [1.82, 2.24) is 10.2 Å². The lowest BCUT2D eigenvalue weighted by molar-refractivity contribution is 0.0334. The molecular formula is C32H51F3N3OP. The molecule has 0 fully saturated rings. The minimum atomic E-state index is -2.94. The minimum absolute atomic E-state index is 0.0632. The van der Waals surface area contributed by atoms with Crippen molar-refractivity contribution >= 4 is 15.0 Å². The Morgan fingerprint density at radius 3 is 2.52 bits per heavy atom. The molecule has 0 saturated heterocycles. The molecule has 1 rings (SSSR count). The smallest absolute Gasteiger partial charge is 0.271 e. The van der Waals surface area contributed by atoms with Crippen LogP contribution in [0.25, 0.3) is 0 Å². The number of aliphatic imine (C=N–C) groups is 1. The maximum absolute atomic E-state index is 14.5. The van der Waals surface area contributed by atoms with Crippen molar-refractivity contribution in [2.45, 2.75) is 72.0 Å². The van der Waals surface area contributed by atoms with Crippen LogP contribution >= 0.6 is 9.24 Å². The Kier molecular flexibility index (Phi) is 17.3. The van der Waals surface area contributed by atoms with Gasteiger partial charge in [0.2, 0.25) is 0 Å². The highest BCUT2D eigenvalue weighted by Crippen LogP contribution is 2.29. The van der Waals surface area contributed by atoms with Crippen LogP contribution in [0, 0.1) is 11.8 Å². The van der Waals surface area contributed by atoms with E-state index in [9.17, 15) is 13.2 Å². The number of allylic oxidation sites excluding steroid dienone is 8. The van der Waals surface area contributed by atoms with Crippen molar-refractivity contribution in [3.63, 3.8) is 0 Å². The summed E-state index contributed by atoms with van der Waals surface area (Å²) in [5.74, 6) is 0.157. The van der Waals surface area contributed by atoms with Crippen molar-refractivity contribution in [3.05, 3.63) is 71.8 Å². The molecule has 0 aliphatic heterocycles. The van der Waals surface area contributed by atoms with Crippen LogP contribution in [0.4, 0.5) is 13.2 Å². The summed E-state index contributed by atoms with van der Waals surface area (Å²) in [7, 11) is 3.41. The molecule has 4 nitrogen and oxygen atoms in total. The molecule has 1 aliphatic rings. The van der Waals surface area contributed by atoms with Gasteiger partial charge in [0, 0.05) is 20.1 Å². The Labute approximate surface area is 243 Å². The second-order valence-electron chi connectivity index (χ2n) is 10.4. The van der Waals surface area contributed by atoms with Crippen LogP contribution in [0.5, 0.6) is 0 Å². The van der Waals surface area contributed by atoms with Crippen molar-refractivity contribution < 1.29 is 17.9 Å².